The Morgan fingerprint density at radius 1 is 1.50 bits per heavy atom. The molecule has 5 nitrogen and oxygen atoms in total. The zero-order valence-electron chi connectivity index (χ0n) is 9.74. The van der Waals surface area contributed by atoms with Crippen LogP contribution in [-0.4, -0.2) is 16.6 Å². The number of aromatic amines is 1. The van der Waals surface area contributed by atoms with Gasteiger partial charge in [0.1, 0.15) is 9.32 Å². The number of anilines is 2. The molecule has 18 heavy (non-hydrogen) atoms. The van der Waals surface area contributed by atoms with Crippen molar-refractivity contribution >= 4 is 34.1 Å². The average molecular weight is 357 g/mol. The van der Waals surface area contributed by atoms with E-state index in [2.05, 4.69) is 15.3 Å². The zero-order valence-corrected chi connectivity index (χ0v) is 11.9. The van der Waals surface area contributed by atoms with E-state index in [4.69, 9.17) is 4.74 Å². The number of ether oxygens (including phenoxy) is 1. The van der Waals surface area contributed by atoms with Gasteiger partial charge < -0.3 is 15.0 Å². The van der Waals surface area contributed by atoms with Crippen LogP contribution in [0.15, 0.2) is 35.4 Å². The van der Waals surface area contributed by atoms with E-state index in [9.17, 15) is 4.79 Å². The van der Waals surface area contributed by atoms with Crippen LogP contribution in [0.25, 0.3) is 0 Å². The second-order valence-corrected chi connectivity index (χ2v) is 4.56. The van der Waals surface area contributed by atoms with Crippen molar-refractivity contribution < 1.29 is 4.74 Å². The molecule has 94 valence electrons. The first-order valence-corrected chi connectivity index (χ1v) is 6.51. The summed E-state index contributed by atoms with van der Waals surface area (Å²) in [5.74, 6) is 1.32. The molecular formula is C12H12IN3O2. The summed E-state index contributed by atoms with van der Waals surface area (Å²) in [6.07, 6.45) is 1.37. The van der Waals surface area contributed by atoms with E-state index in [1.807, 2.05) is 53.8 Å². The van der Waals surface area contributed by atoms with Crippen molar-refractivity contribution in [2.75, 3.05) is 11.9 Å². The number of benzene rings is 1. The van der Waals surface area contributed by atoms with Crippen molar-refractivity contribution in [3.8, 4) is 5.75 Å². The van der Waals surface area contributed by atoms with Crippen LogP contribution in [0.1, 0.15) is 6.92 Å². The SMILES string of the molecule is CCOc1cccc(Nc2nc[nH]c(=O)c2I)c1. The smallest absolute Gasteiger partial charge is 0.266 e. The molecule has 1 heterocycles. The highest BCUT2D eigenvalue weighted by atomic mass is 127. The van der Waals surface area contributed by atoms with E-state index in [1.54, 1.807) is 0 Å². The predicted molar refractivity (Wildman–Crippen MR) is 78.5 cm³/mol. The lowest BCUT2D eigenvalue weighted by Crippen LogP contribution is -2.12. The molecule has 6 heteroatoms. The van der Waals surface area contributed by atoms with E-state index in [1.165, 1.54) is 6.33 Å². The first-order chi connectivity index (χ1) is 8.70. The van der Waals surface area contributed by atoms with Gasteiger partial charge in [0.2, 0.25) is 0 Å². The molecule has 2 aromatic rings. The van der Waals surface area contributed by atoms with Crippen molar-refractivity contribution in [1.82, 2.24) is 9.97 Å². The molecule has 1 aromatic heterocycles. The molecule has 0 aliphatic carbocycles. The molecule has 0 bridgehead atoms. The van der Waals surface area contributed by atoms with Crippen LogP contribution < -0.4 is 15.6 Å². The number of nitrogens with zero attached hydrogens (tertiary/aromatic N) is 1. The molecule has 0 radical (unpaired) electrons. The van der Waals surface area contributed by atoms with Crippen molar-refractivity contribution in [1.29, 1.82) is 0 Å². The summed E-state index contributed by atoms with van der Waals surface area (Å²) in [7, 11) is 0. The number of aromatic nitrogens is 2. The minimum atomic E-state index is -0.158. The fourth-order valence-corrected chi connectivity index (χ4v) is 1.87. The van der Waals surface area contributed by atoms with E-state index in [0.29, 0.717) is 16.0 Å². The highest BCUT2D eigenvalue weighted by molar-refractivity contribution is 14.1. The molecule has 2 rings (SSSR count). The van der Waals surface area contributed by atoms with E-state index >= 15 is 0 Å². The highest BCUT2D eigenvalue weighted by Crippen LogP contribution is 2.21. The molecule has 2 N–H and O–H groups in total. The zero-order chi connectivity index (χ0) is 13.0. The van der Waals surface area contributed by atoms with Crippen molar-refractivity contribution in [3.05, 3.63) is 44.5 Å². The van der Waals surface area contributed by atoms with Gasteiger partial charge in [0, 0.05) is 11.8 Å². The number of nitrogens with one attached hydrogen (secondary N) is 2. The minimum Gasteiger partial charge on any atom is -0.494 e. The number of hydrogen-bond acceptors (Lipinski definition) is 4. The molecule has 1 aromatic carbocycles. The van der Waals surface area contributed by atoms with Gasteiger partial charge in [0.25, 0.3) is 5.56 Å². The summed E-state index contributed by atoms with van der Waals surface area (Å²) >= 11 is 1.96. The van der Waals surface area contributed by atoms with Gasteiger partial charge in [0.05, 0.1) is 12.9 Å². The van der Waals surface area contributed by atoms with Crippen LogP contribution in [0.2, 0.25) is 0 Å². The Hall–Kier alpha value is -1.57. The Labute approximate surface area is 118 Å². The Bertz CT molecular complexity index is 598. The van der Waals surface area contributed by atoms with Crippen LogP contribution in [0.4, 0.5) is 11.5 Å². The van der Waals surface area contributed by atoms with Gasteiger partial charge in [-0.3, -0.25) is 4.79 Å². The molecule has 0 amide bonds. The molecule has 0 aliphatic heterocycles. The lowest BCUT2D eigenvalue weighted by atomic mass is 10.3. The Balaban J connectivity index is 2.25. The summed E-state index contributed by atoms with van der Waals surface area (Å²) in [5, 5.41) is 3.09. The number of rotatable bonds is 4. The topological polar surface area (TPSA) is 67.0 Å². The largest absolute Gasteiger partial charge is 0.494 e. The van der Waals surface area contributed by atoms with Gasteiger partial charge >= 0.3 is 0 Å². The third-order valence-corrected chi connectivity index (χ3v) is 3.21. The van der Waals surface area contributed by atoms with Crippen LogP contribution in [0, 0.1) is 3.57 Å². The lowest BCUT2D eigenvalue weighted by molar-refractivity contribution is 0.340. The lowest BCUT2D eigenvalue weighted by Gasteiger charge is -2.08. The minimum absolute atomic E-state index is 0.158. The predicted octanol–water partition coefficient (Wildman–Crippen LogP) is 2.52. The molecular weight excluding hydrogens is 345 g/mol. The maximum absolute atomic E-state index is 11.4. The Morgan fingerprint density at radius 3 is 3.11 bits per heavy atom. The molecule has 0 spiro atoms. The maximum atomic E-state index is 11.4. The van der Waals surface area contributed by atoms with E-state index in [0.717, 1.165) is 11.4 Å². The fourth-order valence-electron chi connectivity index (χ4n) is 1.44. The van der Waals surface area contributed by atoms with Crippen LogP contribution >= 0.6 is 22.6 Å². The number of hydrogen-bond donors (Lipinski definition) is 2. The summed E-state index contributed by atoms with van der Waals surface area (Å²) in [6, 6.07) is 7.52. The van der Waals surface area contributed by atoms with Crippen LogP contribution in [0.3, 0.4) is 0 Å². The number of halogens is 1. The molecule has 0 saturated carbocycles. The van der Waals surface area contributed by atoms with Gasteiger partial charge in [-0.15, -0.1) is 0 Å². The second kappa shape index (κ2) is 5.85. The summed E-state index contributed by atoms with van der Waals surface area (Å²) in [4.78, 5) is 18.0. The highest BCUT2D eigenvalue weighted by Gasteiger charge is 2.05. The Kier molecular flexibility index (Phi) is 4.19. The molecule has 0 unspecified atom stereocenters. The first kappa shape index (κ1) is 12.9. The quantitative estimate of drug-likeness (QED) is 0.826. The van der Waals surface area contributed by atoms with Crippen LogP contribution in [-0.2, 0) is 0 Å². The Morgan fingerprint density at radius 2 is 2.33 bits per heavy atom. The van der Waals surface area contributed by atoms with Gasteiger partial charge in [-0.05, 0) is 41.6 Å². The monoisotopic (exact) mass is 357 g/mol. The fraction of sp³-hybridized carbons (Fsp3) is 0.167. The van der Waals surface area contributed by atoms with Crippen molar-refractivity contribution in [3.63, 3.8) is 0 Å². The van der Waals surface area contributed by atoms with Crippen molar-refractivity contribution in [2.45, 2.75) is 6.92 Å². The molecule has 0 saturated heterocycles. The van der Waals surface area contributed by atoms with Gasteiger partial charge in [0.15, 0.2) is 5.82 Å². The summed E-state index contributed by atoms with van der Waals surface area (Å²) in [6.45, 7) is 2.55. The van der Waals surface area contributed by atoms with E-state index in [-0.39, 0.29) is 5.56 Å². The third-order valence-electron chi connectivity index (χ3n) is 2.20. The number of H-pyrrole nitrogens is 1. The normalized spacial score (nSPS) is 10.1. The standard InChI is InChI=1S/C12H12IN3O2/c1-2-18-9-5-3-4-8(6-9)16-11-10(13)12(17)15-7-14-11/h3-7H,2H2,1H3,(H2,14,15,16,17). The maximum Gasteiger partial charge on any atom is 0.266 e. The van der Waals surface area contributed by atoms with Crippen molar-refractivity contribution in [2.24, 2.45) is 0 Å². The van der Waals surface area contributed by atoms with Gasteiger partial charge in [-0.2, -0.15) is 0 Å². The first-order valence-electron chi connectivity index (χ1n) is 5.43. The summed E-state index contributed by atoms with van der Waals surface area (Å²) < 4.78 is 5.93. The van der Waals surface area contributed by atoms with Crippen LogP contribution in [0.5, 0.6) is 5.75 Å². The molecule has 0 atom stereocenters. The van der Waals surface area contributed by atoms with E-state index < -0.39 is 0 Å². The second-order valence-electron chi connectivity index (χ2n) is 3.48. The van der Waals surface area contributed by atoms with Gasteiger partial charge in [-0.25, -0.2) is 4.98 Å². The average Bonchev–Trinajstić information content (AvgIpc) is 2.36. The van der Waals surface area contributed by atoms with Gasteiger partial charge in [-0.1, -0.05) is 6.07 Å². The summed E-state index contributed by atoms with van der Waals surface area (Å²) in [5.41, 5.74) is 0.672. The third kappa shape index (κ3) is 3.00. The molecule has 0 aliphatic rings. The molecule has 0 fully saturated rings.